The molecule has 19 heavy (non-hydrogen) atoms. The van der Waals surface area contributed by atoms with Crippen molar-refractivity contribution in [2.45, 2.75) is 13.8 Å². The number of aromatic nitrogens is 3. The molecule has 2 heterocycles. The Labute approximate surface area is 112 Å². The van der Waals surface area contributed by atoms with Crippen molar-refractivity contribution in [3.63, 3.8) is 0 Å². The van der Waals surface area contributed by atoms with Crippen LogP contribution in [0.2, 0.25) is 0 Å². The summed E-state index contributed by atoms with van der Waals surface area (Å²) in [5.41, 5.74) is 6.16. The highest BCUT2D eigenvalue weighted by Crippen LogP contribution is 2.23. The third-order valence-corrected chi connectivity index (χ3v) is 3.28. The fourth-order valence-corrected chi connectivity index (χ4v) is 1.99. The van der Waals surface area contributed by atoms with Gasteiger partial charge in [0.05, 0.1) is 11.4 Å². The van der Waals surface area contributed by atoms with Crippen LogP contribution in [0.4, 0.5) is 0 Å². The van der Waals surface area contributed by atoms with Crippen molar-refractivity contribution in [2.24, 2.45) is 0 Å². The highest BCUT2D eigenvalue weighted by atomic mass is 15.1. The van der Waals surface area contributed by atoms with Crippen LogP contribution in [0, 0.1) is 13.8 Å². The fraction of sp³-hybridized carbons (Fsp3) is 0.125. The second kappa shape index (κ2) is 4.69. The van der Waals surface area contributed by atoms with E-state index in [1.165, 1.54) is 5.56 Å². The van der Waals surface area contributed by atoms with Crippen molar-refractivity contribution in [3.8, 4) is 22.6 Å². The third kappa shape index (κ3) is 2.27. The van der Waals surface area contributed by atoms with Gasteiger partial charge in [-0.05, 0) is 37.1 Å². The molecule has 0 radical (unpaired) electrons. The van der Waals surface area contributed by atoms with Gasteiger partial charge in [0.1, 0.15) is 5.69 Å². The number of nitrogens with one attached hydrogen (secondary N) is 1. The highest BCUT2D eigenvalue weighted by molar-refractivity contribution is 5.66. The van der Waals surface area contributed by atoms with Crippen molar-refractivity contribution >= 4 is 0 Å². The molecule has 3 rings (SSSR count). The number of aryl methyl sites for hydroxylation is 2. The molecule has 0 unspecified atom stereocenters. The first-order chi connectivity index (χ1) is 9.24. The Balaban J connectivity index is 1.99. The van der Waals surface area contributed by atoms with Crippen molar-refractivity contribution in [1.82, 2.24) is 15.2 Å². The fourth-order valence-electron chi connectivity index (χ4n) is 1.99. The minimum absolute atomic E-state index is 0.877. The summed E-state index contributed by atoms with van der Waals surface area (Å²) in [7, 11) is 0. The highest BCUT2D eigenvalue weighted by Gasteiger charge is 2.07. The summed E-state index contributed by atoms with van der Waals surface area (Å²) >= 11 is 0. The van der Waals surface area contributed by atoms with E-state index in [0.717, 1.165) is 28.3 Å². The molecule has 0 atom stereocenters. The molecular weight excluding hydrogens is 234 g/mol. The van der Waals surface area contributed by atoms with Crippen LogP contribution in [0.25, 0.3) is 22.6 Å². The first kappa shape index (κ1) is 11.7. The van der Waals surface area contributed by atoms with E-state index in [9.17, 15) is 0 Å². The first-order valence-corrected chi connectivity index (χ1v) is 6.29. The van der Waals surface area contributed by atoms with Gasteiger partial charge in [-0.3, -0.25) is 10.1 Å². The Morgan fingerprint density at radius 1 is 0.895 bits per heavy atom. The lowest BCUT2D eigenvalue weighted by molar-refractivity contribution is 1.08. The monoisotopic (exact) mass is 249 g/mol. The molecule has 0 aliphatic carbocycles. The number of nitrogens with zero attached hydrogens (tertiary/aromatic N) is 2. The second-order valence-corrected chi connectivity index (χ2v) is 4.63. The van der Waals surface area contributed by atoms with Gasteiger partial charge < -0.3 is 0 Å². The molecule has 0 aliphatic rings. The zero-order valence-corrected chi connectivity index (χ0v) is 11.0. The Morgan fingerprint density at radius 2 is 1.68 bits per heavy atom. The summed E-state index contributed by atoms with van der Waals surface area (Å²) < 4.78 is 0. The molecule has 0 saturated heterocycles. The molecule has 0 saturated carbocycles. The summed E-state index contributed by atoms with van der Waals surface area (Å²) in [4.78, 5) is 4.57. The lowest BCUT2D eigenvalue weighted by atomic mass is 10.1. The Kier molecular flexibility index (Phi) is 2.88. The van der Waals surface area contributed by atoms with Crippen LogP contribution in [0.3, 0.4) is 0 Å². The normalized spacial score (nSPS) is 10.6. The van der Waals surface area contributed by atoms with Gasteiger partial charge in [-0.25, -0.2) is 0 Å². The van der Waals surface area contributed by atoms with Crippen LogP contribution in [-0.4, -0.2) is 15.2 Å². The number of pyridine rings is 1. The molecule has 3 nitrogen and oxygen atoms in total. The molecule has 0 aliphatic heterocycles. The van der Waals surface area contributed by atoms with Crippen molar-refractivity contribution in [2.75, 3.05) is 0 Å². The predicted molar refractivity (Wildman–Crippen MR) is 76.7 cm³/mol. The summed E-state index contributed by atoms with van der Waals surface area (Å²) in [6.45, 7) is 4.08. The quantitative estimate of drug-likeness (QED) is 0.751. The minimum Gasteiger partial charge on any atom is -0.277 e. The van der Waals surface area contributed by atoms with Gasteiger partial charge in [-0.1, -0.05) is 36.4 Å². The lowest BCUT2D eigenvalue weighted by Gasteiger charge is -2.00. The number of hydrogen-bond acceptors (Lipinski definition) is 2. The molecule has 2 aromatic heterocycles. The van der Waals surface area contributed by atoms with E-state index in [1.54, 1.807) is 0 Å². The van der Waals surface area contributed by atoms with E-state index >= 15 is 0 Å². The van der Waals surface area contributed by atoms with Gasteiger partial charge in [-0.2, -0.15) is 5.10 Å². The van der Waals surface area contributed by atoms with Gasteiger partial charge in [0.2, 0.25) is 0 Å². The number of H-pyrrole nitrogens is 1. The van der Waals surface area contributed by atoms with E-state index in [4.69, 9.17) is 0 Å². The lowest BCUT2D eigenvalue weighted by Crippen LogP contribution is -1.90. The Morgan fingerprint density at radius 3 is 2.42 bits per heavy atom. The standard InChI is InChI=1S/C16H15N3/c1-11-8-9-14(17-12(11)2)16-10-15(18-19-16)13-6-4-3-5-7-13/h3-10H,1-2H3,(H,18,19). The maximum atomic E-state index is 4.57. The molecule has 0 bridgehead atoms. The average molecular weight is 249 g/mol. The molecule has 0 amide bonds. The van der Waals surface area contributed by atoms with Crippen LogP contribution in [-0.2, 0) is 0 Å². The number of aromatic amines is 1. The molecule has 1 N–H and O–H groups in total. The van der Waals surface area contributed by atoms with Crippen molar-refractivity contribution in [1.29, 1.82) is 0 Å². The number of hydrogen-bond donors (Lipinski definition) is 1. The largest absolute Gasteiger partial charge is 0.277 e. The summed E-state index contributed by atoms with van der Waals surface area (Å²) in [5.74, 6) is 0. The Bertz CT molecular complexity index is 699. The van der Waals surface area contributed by atoms with Crippen LogP contribution in [0.15, 0.2) is 48.5 Å². The SMILES string of the molecule is Cc1ccc(-c2cc(-c3ccccc3)[nH]n2)nc1C. The van der Waals surface area contributed by atoms with Crippen LogP contribution >= 0.6 is 0 Å². The van der Waals surface area contributed by atoms with Crippen molar-refractivity contribution < 1.29 is 0 Å². The van der Waals surface area contributed by atoms with Crippen LogP contribution < -0.4 is 0 Å². The van der Waals surface area contributed by atoms with Gasteiger partial charge in [0, 0.05) is 5.69 Å². The van der Waals surface area contributed by atoms with E-state index < -0.39 is 0 Å². The molecule has 3 aromatic rings. The Hall–Kier alpha value is -2.42. The third-order valence-electron chi connectivity index (χ3n) is 3.28. The van der Waals surface area contributed by atoms with Gasteiger partial charge in [0.25, 0.3) is 0 Å². The topological polar surface area (TPSA) is 41.6 Å². The molecule has 0 spiro atoms. The number of benzene rings is 1. The van der Waals surface area contributed by atoms with Crippen molar-refractivity contribution in [3.05, 3.63) is 59.8 Å². The number of rotatable bonds is 2. The van der Waals surface area contributed by atoms with E-state index in [1.807, 2.05) is 37.3 Å². The van der Waals surface area contributed by atoms with Gasteiger partial charge >= 0.3 is 0 Å². The predicted octanol–water partition coefficient (Wildman–Crippen LogP) is 3.76. The average Bonchev–Trinajstić information content (AvgIpc) is 2.93. The zero-order valence-electron chi connectivity index (χ0n) is 11.0. The van der Waals surface area contributed by atoms with E-state index in [2.05, 4.69) is 40.3 Å². The molecule has 94 valence electrons. The van der Waals surface area contributed by atoms with Gasteiger partial charge in [-0.15, -0.1) is 0 Å². The summed E-state index contributed by atoms with van der Waals surface area (Å²) in [5, 5.41) is 7.41. The van der Waals surface area contributed by atoms with Gasteiger partial charge in [0.15, 0.2) is 0 Å². The van der Waals surface area contributed by atoms with Crippen LogP contribution in [0.1, 0.15) is 11.3 Å². The van der Waals surface area contributed by atoms with E-state index in [0.29, 0.717) is 0 Å². The summed E-state index contributed by atoms with van der Waals surface area (Å²) in [6, 6.07) is 16.3. The molecular formula is C16H15N3. The first-order valence-electron chi connectivity index (χ1n) is 6.29. The molecule has 0 fully saturated rings. The molecule has 1 aromatic carbocycles. The minimum atomic E-state index is 0.877. The zero-order chi connectivity index (χ0) is 13.2. The second-order valence-electron chi connectivity index (χ2n) is 4.63. The van der Waals surface area contributed by atoms with E-state index in [-0.39, 0.29) is 0 Å². The molecule has 3 heteroatoms. The summed E-state index contributed by atoms with van der Waals surface area (Å²) in [6.07, 6.45) is 0. The smallest absolute Gasteiger partial charge is 0.111 e. The maximum absolute atomic E-state index is 4.57. The maximum Gasteiger partial charge on any atom is 0.111 e. The van der Waals surface area contributed by atoms with Crippen LogP contribution in [0.5, 0.6) is 0 Å².